The first-order valence-electron chi connectivity index (χ1n) is 8.70. The number of benzene rings is 2. The van der Waals surface area contributed by atoms with E-state index >= 15 is 0 Å². The topological polar surface area (TPSA) is 82.0 Å². The van der Waals surface area contributed by atoms with E-state index in [4.69, 9.17) is 4.74 Å². The molecular weight excluding hydrogens is 332 g/mol. The van der Waals surface area contributed by atoms with Crippen molar-refractivity contribution in [3.05, 3.63) is 65.7 Å². The molecule has 138 valence electrons. The lowest BCUT2D eigenvalue weighted by molar-refractivity contribution is -0.00280. The maximum atomic E-state index is 12.2. The minimum Gasteiger partial charge on any atom is -0.489 e. The Morgan fingerprint density at radius 3 is 2.65 bits per heavy atom. The summed E-state index contributed by atoms with van der Waals surface area (Å²) >= 11 is 0. The van der Waals surface area contributed by atoms with E-state index in [0.29, 0.717) is 26.1 Å². The smallest absolute Gasteiger partial charge is 0.317 e. The van der Waals surface area contributed by atoms with E-state index in [1.165, 1.54) is 4.90 Å². The molecule has 26 heavy (non-hydrogen) atoms. The van der Waals surface area contributed by atoms with Gasteiger partial charge in [0.1, 0.15) is 18.0 Å². The van der Waals surface area contributed by atoms with Crippen molar-refractivity contribution in [2.45, 2.75) is 25.2 Å². The molecule has 0 radical (unpaired) electrons. The van der Waals surface area contributed by atoms with Gasteiger partial charge in [-0.2, -0.15) is 0 Å². The quantitative estimate of drug-likeness (QED) is 0.738. The van der Waals surface area contributed by atoms with Crippen LogP contribution >= 0.6 is 0 Å². The molecule has 6 heteroatoms. The van der Waals surface area contributed by atoms with Gasteiger partial charge >= 0.3 is 6.03 Å². The van der Waals surface area contributed by atoms with Crippen molar-refractivity contribution in [3.63, 3.8) is 0 Å². The Bertz CT molecular complexity index is 738. The van der Waals surface area contributed by atoms with E-state index < -0.39 is 5.60 Å². The van der Waals surface area contributed by atoms with E-state index in [1.54, 1.807) is 0 Å². The van der Waals surface area contributed by atoms with E-state index in [0.717, 1.165) is 16.9 Å². The number of nitrogens with zero attached hydrogens (tertiary/aromatic N) is 1. The summed E-state index contributed by atoms with van der Waals surface area (Å²) < 4.78 is 5.80. The van der Waals surface area contributed by atoms with Crippen molar-refractivity contribution < 1.29 is 19.7 Å². The highest BCUT2D eigenvalue weighted by molar-refractivity contribution is 5.74. The van der Waals surface area contributed by atoms with Crippen molar-refractivity contribution in [1.29, 1.82) is 0 Å². The number of hydrogen-bond donors (Lipinski definition) is 3. The van der Waals surface area contributed by atoms with Gasteiger partial charge in [0.25, 0.3) is 0 Å². The summed E-state index contributed by atoms with van der Waals surface area (Å²) in [5, 5.41) is 22.0. The fourth-order valence-corrected chi connectivity index (χ4v) is 2.93. The lowest BCUT2D eigenvalue weighted by atomic mass is 10.1. The Morgan fingerprint density at radius 1 is 1.15 bits per heavy atom. The summed E-state index contributed by atoms with van der Waals surface area (Å²) in [7, 11) is 0. The zero-order valence-electron chi connectivity index (χ0n) is 14.6. The van der Waals surface area contributed by atoms with Crippen molar-refractivity contribution >= 4 is 6.03 Å². The van der Waals surface area contributed by atoms with Crippen LogP contribution in [0.4, 0.5) is 4.79 Å². The maximum Gasteiger partial charge on any atom is 0.317 e. The van der Waals surface area contributed by atoms with Gasteiger partial charge in [-0.1, -0.05) is 42.5 Å². The number of urea groups is 1. The van der Waals surface area contributed by atoms with E-state index in [1.807, 2.05) is 54.6 Å². The normalized spacial score (nSPS) is 19.4. The first-order chi connectivity index (χ1) is 12.6. The molecule has 0 aliphatic carbocycles. The molecular formula is C20H24N2O4. The predicted octanol–water partition coefficient (Wildman–Crippen LogP) is 1.90. The molecule has 6 nitrogen and oxygen atoms in total. The summed E-state index contributed by atoms with van der Waals surface area (Å²) in [4.78, 5) is 13.7. The summed E-state index contributed by atoms with van der Waals surface area (Å²) in [6.07, 6.45) is 0.389. The van der Waals surface area contributed by atoms with Gasteiger partial charge in [0, 0.05) is 13.1 Å². The average molecular weight is 356 g/mol. The molecule has 3 N–H and O–H groups in total. The number of aliphatic hydroxyl groups is 2. The Hall–Kier alpha value is -2.57. The molecule has 0 unspecified atom stereocenters. The second-order valence-corrected chi connectivity index (χ2v) is 6.63. The number of carbonyl (C=O) groups is 1. The molecule has 1 atom stereocenters. The fourth-order valence-electron chi connectivity index (χ4n) is 2.93. The number of nitrogens with one attached hydrogen (secondary N) is 1. The van der Waals surface area contributed by atoms with Gasteiger partial charge in [-0.25, -0.2) is 4.79 Å². The number of likely N-dealkylation sites (tertiary alicyclic amines) is 1. The minimum atomic E-state index is -1.18. The third-order valence-corrected chi connectivity index (χ3v) is 4.50. The zero-order valence-corrected chi connectivity index (χ0v) is 14.6. The van der Waals surface area contributed by atoms with Gasteiger partial charge in [-0.3, -0.25) is 0 Å². The number of rotatable bonds is 6. The molecule has 1 aliphatic heterocycles. The van der Waals surface area contributed by atoms with Crippen molar-refractivity contribution in [2.24, 2.45) is 0 Å². The standard InChI is InChI=1S/C20H24N2O4/c23-15-20(25)9-10-22(14-20)19(24)21-12-17-7-4-8-18(11-17)26-13-16-5-2-1-3-6-16/h1-8,11,23,25H,9-10,12-15H2,(H,21,24)/t20-/m0/s1. The van der Waals surface area contributed by atoms with Crippen LogP contribution in [0.15, 0.2) is 54.6 Å². The van der Waals surface area contributed by atoms with Crippen LogP contribution in [0.1, 0.15) is 17.5 Å². The Kier molecular flexibility index (Phi) is 5.75. The van der Waals surface area contributed by atoms with Gasteiger partial charge in [0.2, 0.25) is 0 Å². The molecule has 1 fully saturated rings. The van der Waals surface area contributed by atoms with Crippen LogP contribution in [0.25, 0.3) is 0 Å². The van der Waals surface area contributed by atoms with Crippen LogP contribution in [-0.4, -0.2) is 46.4 Å². The molecule has 1 aliphatic rings. The SMILES string of the molecule is O=C(NCc1cccc(OCc2ccccc2)c1)N1CC[C@@](O)(CO)C1. The molecule has 2 aromatic carbocycles. The van der Waals surface area contributed by atoms with E-state index in [2.05, 4.69) is 5.32 Å². The molecule has 1 saturated heterocycles. The summed E-state index contributed by atoms with van der Waals surface area (Å²) in [6, 6.07) is 17.3. The van der Waals surface area contributed by atoms with Gasteiger partial charge in [0.05, 0.1) is 13.2 Å². The van der Waals surface area contributed by atoms with Gasteiger partial charge in [-0.05, 0) is 29.7 Å². The van der Waals surface area contributed by atoms with Crippen LogP contribution in [0.5, 0.6) is 5.75 Å². The average Bonchev–Trinajstić information content (AvgIpc) is 3.09. The van der Waals surface area contributed by atoms with Crippen LogP contribution in [0.2, 0.25) is 0 Å². The van der Waals surface area contributed by atoms with Crippen LogP contribution in [0.3, 0.4) is 0 Å². The molecule has 3 rings (SSSR count). The van der Waals surface area contributed by atoms with Gasteiger partial charge < -0.3 is 25.2 Å². The lowest BCUT2D eigenvalue weighted by Crippen LogP contribution is -2.42. The second-order valence-electron chi connectivity index (χ2n) is 6.63. The molecule has 0 saturated carbocycles. The second kappa shape index (κ2) is 8.21. The molecule has 1 heterocycles. The summed E-state index contributed by atoms with van der Waals surface area (Å²) in [6.45, 7) is 1.11. The zero-order chi connectivity index (χ0) is 18.4. The van der Waals surface area contributed by atoms with Crippen molar-refractivity contribution in [1.82, 2.24) is 10.2 Å². The number of carbonyl (C=O) groups excluding carboxylic acids is 1. The maximum absolute atomic E-state index is 12.2. The predicted molar refractivity (Wildman–Crippen MR) is 97.7 cm³/mol. The van der Waals surface area contributed by atoms with E-state index in [9.17, 15) is 15.0 Å². The highest BCUT2D eigenvalue weighted by Gasteiger charge is 2.37. The minimum absolute atomic E-state index is 0.148. The van der Waals surface area contributed by atoms with Crippen molar-refractivity contribution in [2.75, 3.05) is 19.7 Å². The van der Waals surface area contributed by atoms with E-state index in [-0.39, 0.29) is 19.2 Å². The van der Waals surface area contributed by atoms with Gasteiger partial charge in [-0.15, -0.1) is 0 Å². The Labute approximate surface area is 153 Å². The number of aliphatic hydroxyl groups excluding tert-OH is 1. The summed E-state index contributed by atoms with van der Waals surface area (Å²) in [5.74, 6) is 0.747. The molecule has 0 bridgehead atoms. The molecule has 2 amide bonds. The number of hydrogen-bond acceptors (Lipinski definition) is 4. The largest absolute Gasteiger partial charge is 0.489 e. The van der Waals surface area contributed by atoms with Crippen LogP contribution in [0, 0.1) is 0 Å². The van der Waals surface area contributed by atoms with Crippen molar-refractivity contribution in [3.8, 4) is 5.75 Å². The van der Waals surface area contributed by atoms with Crippen LogP contribution < -0.4 is 10.1 Å². The number of amides is 2. The Balaban J connectivity index is 1.50. The molecule has 0 aromatic heterocycles. The first kappa shape index (κ1) is 18.2. The monoisotopic (exact) mass is 356 g/mol. The highest BCUT2D eigenvalue weighted by atomic mass is 16.5. The first-order valence-corrected chi connectivity index (χ1v) is 8.70. The fraction of sp³-hybridized carbons (Fsp3) is 0.350. The van der Waals surface area contributed by atoms with Gasteiger partial charge in [0.15, 0.2) is 0 Å². The molecule has 0 spiro atoms. The Morgan fingerprint density at radius 2 is 1.92 bits per heavy atom. The number of ether oxygens (including phenoxy) is 1. The molecule has 2 aromatic rings. The number of β-amino-alcohol motifs (C(OH)–C–C–N with tert-alkyl or cyclic N) is 1. The third kappa shape index (κ3) is 4.74. The third-order valence-electron chi connectivity index (χ3n) is 4.50. The lowest BCUT2D eigenvalue weighted by Gasteiger charge is -2.21. The summed E-state index contributed by atoms with van der Waals surface area (Å²) in [5.41, 5.74) is 0.847. The highest BCUT2D eigenvalue weighted by Crippen LogP contribution is 2.20. The van der Waals surface area contributed by atoms with Crippen LogP contribution in [-0.2, 0) is 13.2 Å².